The molecule has 5 nitrogen and oxygen atoms in total. The summed E-state index contributed by atoms with van der Waals surface area (Å²) < 4.78 is 1.00. The van der Waals surface area contributed by atoms with Crippen LogP contribution in [0.2, 0.25) is 0 Å². The Morgan fingerprint density at radius 1 is 1.12 bits per heavy atom. The number of aromatic amines is 1. The summed E-state index contributed by atoms with van der Waals surface area (Å²) >= 11 is 3.41. The quantitative estimate of drug-likeness (QED) is 0.637. The highest BCUT2D eigenvalue weighted by Gasteiger charge is 2.11. The smallest absolute Gasteiger partial charge is 0.273 e. The van der Waals surface area contributed by atoms with Gasteiger partial charge in [0.2, 0.25) is 0 Å². The van der Waals surface area contributed by atoms with Crippen LogP contribution in [0.1, 0.15) is 16.1 Å². The Kier molecular flexibility index (Phi) is 5.85. The standard InChI is InChI=1S/C20H21BrN4O/c1-25(2)12-11-14-3-9-17(10-4-14)22-20(26)19-13-18(23-24-19)15-5-7-16(21)8-6-15/h3-10,13H,11-12H2,1-2H3,(H,22,26)(H,23,24). The molecule has 134 valence electrons. The van der Waals surface area contributed by atoms with E-state index in [-0.39, 0.29) is 5.91 Å². The Morgan fingerprint density at radius 2 is 1.81 bits per heavy atom. The second kappa shape index (κ2) is 8.29. The maximum Gasteiger partial charge on any atom is 0.273 e. The van der Waals surface area contributed by atoms with E-state index in [1.165, 1.54) is 5.56 Å². The van der Waals surface area contributed by atoms with Gasteiger partial charge in [0, 0.05) is 22.3 Å². The summed E-state index contributed by atoms with van der Waals surface area (Å²) in [4.78, 5) is 14.6. The molecule has 0 aliphatic heterocycles. The topological polar surface area (TPSA) is 61.0 Å². The van der Waals surface area contributed by atoms with Crippen molar-refractivity contribution in [2.75, 3.05) is 26.0 Å². The third-order valence-electron chi connectivity index (χ3n) is 4.02. The van der Waals surface area contributed by atoms with Gasteiger partial charge in [0.25, 0.3) is 5.91 Å². The van der Waals surface area contributed by atoms with Crippen LogP contribution in [-0.4, -0.2) is 41.6 Å². The molecule has 0 unspecified atom stereocenters. The number of benzene rings is 2. The average Bonchev–Trinajstić information content (AvgIpc) is 3.12. The van der Waals surface area contributed by atoms with Gasteiger partial charge in [0.05, 0.1) is 5.69 Å². The molecule has 0 aliphatic carbocycles. The monoisotopic (exact) mass is 412 g/mol. The molecule has 0 saturated heterocycles. The molecule has 26 heavy (non-hydrogen) atoms. The third-order valence-corrected chi connectivity index (χ3v) is 4.55. The molecule has 1 amide bonds. The zero-order valence-electron chi connectivity index (χ0n) is 14.8. The molecule has 1 aromatic heterocycles. The van der Waals surface area contributed by atoms with Gasteiger partial charge in [-0.3, -0.25) is 9.89 Å². The molecule has 2 N–H and O–H groups in total. The number of amides is 1. The van der Waals surface area contributed by atoms with Gasteiger partial charge in [-0.1, -0.05) is 40.2 Å². The fourth-order valence-corrected chi connectivity index (χ4v) is 2.78. The number of anilines is 1. The van der Waals surface area contributed by atoms with E-state index >= 15 is 0 Å². The number of rotatable bonds is 6. The first-order valence-electron chi connectivity index (χ1n) is 8.37. The van der Waals surface area contributed by atoms with Crippen LogP contribution in [0.5, 0.6) is 0 Å². The van der Waals surface area contributed by atoms with E-state index in [2.05, 4.69) is 50.4 Å². The number of nitrogens with one attached hydrogen (secondary N) is 2. The molecule has 0 aliphatic rings. The van der Waals surface area contributed by atoms with Crippen LogP contribution < -0.4 is 5.32 Å². The molecular weight excluding hydrogens is 392 g/mol. The molecule has 3 aromatic rings. The van der Waals surface area contributed by atoms with Crippen molar-refractivity contribution in [3.63, 3.8) is 0 Å². The van der Waals surface area contributed by atoms with E-state index < -0.39 is 0 Å². The van der Waals surface area contributed by atoms with E-state index in [1.54, 1.807) is 6.07 Å². The highest BCUT2D eigenvalue weighted by molar-refractivity contribution is 9.10. The first-order valence-corrected chi connectivity index (χ1v) is 9.17. The minimum absolute atomic E-state index is 0.207. The summed E-state index contributed by atoms with van der Waals surface area (Å²) in [7, 11) is 4.11. The van der Waals surface area contributed by atoms with Gasteiger partial charge < -0.3 is 10.2 Å². The number of H-pyrrole nitrogens is 1. The van der Waals surface area contributed by atoms with Crippen LogP contribution in [0.3, 0.4) is 0 Å². The lowest BCUT2D eigenvalue weighted by atomic mass is 10.1. The van der Waals surface area contributed by atoms with Crippen LogP contribution in [-0.2, 0) is 6.42 Å². The average molecular weight is 413 g/mol. The third kappa shape index (κ3) is 4.80. The Hall–Kier alpha value is -2.44. The van der Waals surface area contributed by atoms with Crippen LogP contribution >= 0.6 is 15.9 Å². The zero-order valence-corrected chi connectivity index (χ0v) is 16.4. The Bertz CT molecular complexity index is 870. The lowest BCUT2D eigenvalue weighted by Crippen LogP contribution is -2.15. The number of carbonyl (C=O) groups excluding carboxylic acids is 1. The van der Waals surface area contributed by atoms with Crippen molar-refractivity contribution in [3.8, 4) is 11.3 Å². The minimum Gasteiger partial charge on any atom is -0.321 e. The van der Waals surface area contributed by atoms with E-state index in [0.717, 1.165) is 34.4 Å². The Balaban J connectivity index is 1.64. The van der Waals surface area contributed by atoms with E-state index in [1.807, 2.05) is 48.5 Å². The molecule has 2 aromatic carbocycles. The first-order chi connectivity index (χ1) is 12.5. The normalized spacial score (nSPS) is 10.9. The van der Waals surface area contributed by atoms with Crippen molar-refractivity contribution >= 4 is 27.5 Å². The van der Waals surface area contributed by atoms with Crippen LogP contribution in [0, 0.1) is 0 Å². The fraction of sp³-hybridized carbons (Fsp3) is 0.200. The first kappa shape index (κ1) is 18.4. The van der Waals surface area contributed by atoms with Gasteiger partial charge in [-0.05, 0) is 56.4 Å². The molecule has 0 bridgehead atoms. The van der Waals surface area contributed by atoms with Gasteiger partial charge in [-0.15, -0.1) is 0 Å². The van der Waals surface area contributed by atoms with Crippen LogP contribution in [0.15, 0.2) is 59.1 Å². The maximum atomic E-state index is 12.4. The van der Waals surface area contributed by atoms with Gasteiger partial charge in [0.1, 0.15) is 5.69 Å². The van der Waals surface area contributed by atoms with Crippen molar-refractivity contribution < 1.29 is 4.79 Å². The largest absolute Gasteiger partial charge is 0.321 e. The minimum atomic E-state index is -0.207. The number of carbonyl (C=O) groups is 1. The van der Waals surface area contributed by atoms with Crippen molar-refractivity contribution in [2.24, 2.45) is 0 Å². The van der Waals surface area contributed by atoms with Gasteiger partial charge in [-0.2, -0.15) is 5.10 Å². The number of hydrogen-bond donors (Lipinski definition) is 2. The summed E-state index contributed by atoms with van der Waals surface area (Å²) in [5.74, 6) is -0.207. The van der Waals surface area contributed by atoms with E-state index in [4.69, 9.17) is 0 Å². The summed E-state index contributed by atoms with van der Waals surface area (Å²) in [6.07, 6.45) is 0.984. The molecule has 0 atom stereocenters. The van der Waals surface area contributed by atoms with Crippen molar-refractivity contribution in [2.45, 2.75) is 6.42 Å². The number of hydrogen-bond acceptors (Lipinski definition) is 3. The maximum absolute atomic E-state index is 12.4. The van der Waals surface area contributed by atoms with E-state index in [9.17, 15) is 4.79 Å². The summed E-state index contributed by atoms with van der Waals surface area (Å²) in [6.45, 7) is 0.999. The lowest BCUT2D eigenvalue weighted by Gasteiger charge is -2.10. The van der Waals surface area contributed by atoms with E-state index in [0.29, 0.717) is 5.69 Å². The predicted molar refractivity (Wildman–Crippen MR) is 108 cm³/mol. The molecule has 3 rings (SSSR count). The Morgan fingerprint density at radius 3 is 2.46 bits per heavy atom. The zero-order chi connectivity index (χ0) is 18.5. The molecule has 0 saturated carbocycles. The molecular formula is C20H21BrN4O. The highest BCUT2D eigenvalue weighted by Crippen LogP contribution is 2.21. The van der Waals surface area contributed by atoms with Gasteiger partial charge >= 0.3 is 0 Å². The summed E-state index contributed by atoms with van der Waals surface area (Å²) in [5.41, 5.74) is 4.13. The molecule has 0 spiro atoms. The number of aromatic nitrogens is 2. The second-order valence-electron chi connectivity index (χ2n) is 6.38. The van der Waals surface area contributed by atoms with Crippen molar-refractivity contribution in [3.05, 3.63) is 70.3 Å². The molecule has 1 heterocycles. The summed E-state index contributed by atoms with van der Waals surface area (Å²) in [5, 5.41) is 9.93. The van der Waals surface area contributed by atoms with Crippen molar-refractivity contribution in [1.82, 2.24) is 15.1 Å². The molecule has 0 radical (unpaired) electrons. The van der Waals surface area contributed by atoms with Crippen molar-refractivity contribution in [1.29, 1.82) is 0 Å². The lowest BCUT2D eigenvalue weighted by molar-refractivity contribution is 0.102. The van der Waals surface area contributed by atoms with Gasteiger partial charge in [0.15, 0.2) is 0 Å². The second-order valence-corrected chi connectivity index (χ2v) is 7.29. The number of likely N-dealkylation sites (N-methyl/N-ethyl adjacent to an activating group) is 1. The fourth-order valence-electron chi connectivity index (χ4n) is 2.51. The predicted octanol–water partition coefficient (Wildman–Crippen LogP) is 4.20. The number of halogens is 1. The van der Waals surface area contributed by atoms with Gasteiger partial charge in [-0.25, -0.2) is 0 Å². The number of nitrogens with zero attached hydrogens (tertiary/aromatic N) is 2. The summed E-state index contributed by atoms with van der Waals surface area (Å²) in [6, 6.07) is 17.5. The Labute approximate surface area is 161 Å². The van der Waals surface area contributed by atoms with Crippen LogP contribution in [0.25, 0.3) is 11.3 Å². The highest BCUT2D eigenvalue weighted by atomic mass is 79.9. The van der Waals surface area contributed by atoms with Crippen LogP contribution in [0.4, 0.5) is 5.69 Å². The molecule has 6 heteroatoms. The SMILES string of the molecule is CN(C)CCc1ccc(NC(=O)c2cc(-c3ccc(Br)cc3)n[nH]2)cc1. The molecule has 0 fully saturated rings.